The maximum absolute atomic E-state index is 4.66. The molecule has 1 unspecified atom stereocenters. The Morgan fingerprint density at radius 3 is 2.87 bits per heavy atom. The van der Waals surface area contributed by atoms with E-state index in [-0.39, 0.29) is 11.6 Å². The van der Waals surface area contributed by atoms with Crippen LogP contribution in [-0.4, -0.2) is 45.9 Å². The highest BCUT2D eigenvalue weighted by Gasteiger charge is 2.24. The Balaban J connectivity index is 1.96. The van der Waals surface area contributed by atoms with Crippen molar-refractivity contribution < 1.29 is 0 Å². The number of aromatic nitrogens is 3. The maximum Gasteiger partial charge on any atom is 0.191 e. The summed E-state index contributed by atoms with van der Waals surface area (Å²) in [7, 11) is 0. The fourth-order valence-corrected chi connectivity index (χ4v) is 2.69. The van der Waals surface area contributed by atoms with Gasteiger partial charge in [0.15, 0.2) is 5.96 Å². The van der Waals surface area contributed by atoms with E-state index in [0.717, 1.165) is 56.6 Å². The lowest BCUT2D eigenvalue weighted by Gasteiger charge is -2.25. The summed E-state index contributed by atoms with van der Waals surface area (Å²) in [6.07, 6.45) is 2.17. The summed E-state index contributed by atoms with van der Waals surface area (Å²) >= 11 is 0. The Morgan fingerprint density at radius 1 is 1.39 bits per heavy atom. The summed E-state index contributed by atoms with van der Waals surface area (Å²) in [6, 6.07) is 0.179. The van der Waals surface area contributed by atoms with Crippen LogP contribution in [0.1, 0.15) is 58.2 Å². The van der Waals surface area contributed by atoms with Gasteiger partial charge in [0.1, 0.15) is 11.6 Å². The van der Waals surface area contributed by atoms with Gasteiger partial charge in [0, 0.05) is 25.2 Å². The fourth-order valence-electron chi connectivity index (χ4n) is 2.69. The molecule has 7 nitrogen and oxygen atoms in total. The van der Waals surface area contributed by atoms with Crippen LogP contribution in [0.3, 0.4) is 0 Å². The molecular formula is C16H31N7. The first-order chi connectivity index (χ1) is 10.9. The van der Waals surface area contributed by atoms with E-state index in [0.29, 0.717) is 0 Å². The SMILES string of the molecule is CCNC(=NCCNC(C)(C)C)NC1CCCn2nc(C)nc21. The van der Waals surface area contributed by atoms with Crippen molar-refractivity contribution in [2.45, 2.75) is 65.6 Å². The Morgan fingerprint density at radius 2 is 2.17 bits per heavy atom. The summed E-state index contributed by atoms with van der Waals surface area (Å²) in [5.41, 5.74) is 0.124. The number of hydrogen-bond donors (Lipinski definition) is 3. The van der Waals surface area contributed by atoms with Crippen molar-refractivity contribution in [3.63, 3.8) is 0 Å². The summed E-state index contributed by atoms with van der Waals surface area (Å²) in [5.74, 6) is 2.71. The predicted molar refractivity (Wildman–Crippen MR) is 93.6 cm³/mol. The number of nitrogens with one attached hydrogen (secondary N) is 3. The lowest BCUT2D eigenvalue weighted by Crippen LogP contribution is -2.42. The van der Waals surface area contributed by atoms with Gasteiger partial charge in [-0.2, -0.15) is 5.10 Å². The topological polar surface area (TPSA) is 79.2 Å². The molecule has 1 aromatic heterocycles. The molecular weight excluding hydrogens is 290 g/mol. The average molecular weight is 321 g/mol. The maximum atomic E-state index is 4.66. The molecule has 7 heteroatoms. The minimum absolute atomic E-state index is 0.124. The normalized spacial score (nSPS) is 18.7. The van der Waals surface area contributed by atoms with E-state index in [4.69, 9.17) is 0 Å². The van der Waals surface area contributed by atoms with Gasteiger partial charge in [-0.05, 0) is 47.5 Å². The van der Waals surface area contributed by atoms with E-state index in [2.05, 4.69) is 58.7 Å². The average Bonchev–Trinajstić information content (AvgIpc) is 2.84. The number of aryl methyl sites for hydroxylation is 2. The van der Waals surface area contributed by atoms with Gasteiger partial charge in [0.25, 0.3) is 0 Å². The van der Waals surface area contributed by atoms with Crippen LogP contribution in [0, 0.1) is 6.92 Å². The van der Waals surface area contributed by atoms with Crippen LogP contribution in [0.5, 0.6) is 0 Å². The largest absolute Gasteiger partial charge is 0.357 e. The van der Waals surface area contributed by atoms with Gasteiger partial charge in [-0.25, -0.2) is 9.67 Å². The predicted octanol–water partition coefficient (Wildman–Crippen LogP) is 1.36. The zero-order valence-corrected chi connectivity index (χ0v) is 15.1. The number of hydrogen-bond acceptors (Lipinski definition) is 4. The van der Waals surface area contributed by atoms with Gasteiger partial charge < -0.3 is 16.0 Å². The van der Waals surface area contributed by atoms with Crippen molar-refractivity contribution in [2.24, 2.45) is 4.99 Å². The van der Waals surface area contributed by atoms with E-state index >= 15 is 0 Å². The minimum atomic E-state index is 0.124. The van der Waals surface area contributed by atoms with Gasteiger partial charge in [-0.3, -0.25) is 4.99 Å². The number of aliphatic imine (C=N–C) groups is 1. The second-order valence-corrected chi connectivity index (χ2v) is 7.02. The van der Waals surface area contributed by atoms with Crippen molar-refractivity contribution in [1.29, 1.82) is 0 Å². The first-order valence-corrected chi connectivity index (χ1v) is 8.60. The van der Waals surface area contributed by atoms with E-state index in [1.807, 2.05) is 11.6 Å². The van der Waals surface area contributed by atoms with E-state index in [9.17, 15) is 0 Å². The molecule has 1 aliphatic heterocycles. The third-order valence-electron chi connectivity index (χ3n) is 3.67. The summed E-state index contributed by atoms with van der Waals surface area (Å²) in [5, 5.41) is 14.7. The minimum Gasteiger partial charge on any atom is -0.357 e. The van der Waals surface area contributed by atoms with E-state index in [1.165, 1.54) is 0 Å². The standard InChI is InChI=1S/C16H31N7/c1-6-17-15(18-9-10-19-16(3,4)5)21-13-8-7-11-23-14(13)20-12(2)22-23/h13,19H,6-11H2,1-5H3,(H2,17,18,21). The molecule has 2 heterocycles. The van der Waals surface area contributed by atoms with Crippen molar-refractivity contribution in [2.75, 3.05) is 19.6 Å². The number of nitrogens with zero attached hydrogens (tertiary/aromatic N) is 4. The molecule has 2 rings (SSSR count). The highest BCUT2D eigenvalue weighted by Crippen LogP contribution is 2.22. The molecule has 0 saturated carbocycles. The molecule has 0 aromatic carbocycles. The van der Waals surface area contributed by atoms with Crippen molar-refractivity contribution >= 4 is 5.96 Å². The van der Waals surface area contributed by atoms with Gasteiger partial charge in [-0.15, -0.1) is 0 Å². The number of guanidine groups is 1. The highest BCUT2D eigenvalue weighted by molar-refractivity contribution is 5.80. The van der Waals surface area contributed by atoms with Gasteiger partial charge in [0.05, 0.1) is 12.6 Å². The molecule has 0 fully saturated rings. The lowest BCUT2D eigenvalue weighted by molar-refractivity contribution is 0.397. The molecule has 1 aliphatic rings. The second-order valence-electron chi connectivity index (χ2n) is 7.02. The van der Waals surface area contributed by atoms with Gasteiger partial charge >= 0.3 is 0 Å². The van der Waals surface area contributed by atoms with Crippen molar-refractivity contribution in [1.82, 2.24) is 30.7 Å². The molecule has 3 N–H and O–H groups in total. The molecule has 0 aliphatic carbocycles. The lowest BCUT2D eigenvalue weighted by atomic mass is 10.1. The van der Waals surface area contributed by atoms with E-state index in [1.54, 1.807) is 0 Å². The Labute approximate surface area is 139 Å². The molecule has 0 amide bonds. The van der Waals surface area contributed by atoms with Crippen molar-refractivity contribution in [3.05, 3.63) is 11.6 Å². The third kappa shape index (κ3) is 5.49. The highest BCUT2D eigenvalue weighted by atomic mass is 15.4. The Hall–Kier alpha value is -1.63. The molecule has 0 spiro atoms. The van der Waals surface area contributed by atoms with E-state index < -0.39 is 0 Å². The second kappa shape index (κ2) is 7.77. The van der Waals surface area contributed by atoms with Crippen LogP contribution in [0.2, 0.25) is 0 Å². The van der Waals surface area contributed by atoms with Crippen LogP contribution in [-0.2, 0) is 6.54 Å². The first-order valence-electron chi connectivity index (χ1n) is 8.60. The Bertz CT molecular complexity index is 527. The van der Waals surface area contributed by atoms with Crippen LogP contribution in [0.25, 0.3) is 0 Å². The van der Waals surface area contributed by atoms with Crippen LogP contribution in [0.15, 0.2) is 4.99 Å². The smallest absolute Gasteiger partial charge is 0.191 e. The quantitative estimate of drug-likeness (QED) is 0.434. The molecule has 0 saturated heterocycles. The molecule has 0 bridgehead atoms. The van der Waals surface area contributed by atoms with Gasteiger partial charge in [0.2, 0.25) is 0 Å². The van der Waals surface area contributed by atoms with Crippen LogP contribution in [0.4, 0.5) is 0 Å². The summed E-state index contributed by atoms with van der Waals surface area (Å²) < 4.78 is 2.02. The van der Waals surface area contributed by atoms with Crippen molar-refractivity contribution in [3.8, 4) is 0 Å². The summed E-state index contributed by atoms with van der Waals surface area (Å²) in [4.78, 5) is 9.23. The third-order valence-corrected chi connectivity index (χ3v) is 3.67. The summed E-state index contributed by atoms with van der Waals surface area (Å²) in [6.45, 7) is 13.9. The molecule has 130 valence electrons. The monoisotopic (exact) mass is 321 g/mol. The molecule has 23 heavy (non-hydrogen) atoms. The fraction of sp³-hybridized carbons (Fsp3) is 0.812. The van der Waals surface area contributed by atoms with Crippen LogP contribution < -0.4 is 16.0 Å². The molecule has 1 atom stereocenters. The van der Waals surface area contributed by atoms with Gasteiger partial charge in [-0.1, -0.05) is 0 Å². The molecule has 1 aromatic rings. The Kier molecular flexibility index (Phi) is 5.98. The number of fused-ring (bicyclic) bond motifs is 1. The number of rotatable bonds is 5. The molecule has 0 radical (unpaired) electrons. The van der Waals surface area contributed by atoms with Crippen LogP contribution >= 0.6 is 0 Å². The first kappa shape index (κ1) is 17.7. The zero-order valence-electron chi connectivity index (χ0n) is 15.1. The zero-order chi connectivity index (χ0) is 16.9.